The summed E-state index contributed by atoms with van der Waals surface area (Å²) in [7, 11) is 0. The summed E-state index contributed by atoms with van der Waals surface area (Å²) in [5.41, 5.74) is 5.77. The lowest BCUT2D eigenvalue weighted by atomic mass is 10.0. The van der Waals surface area contributed by atoms with Gasteiger partial charge >= 0.3 is 0 Å². The van der Waals surface area contributed by atoms with Crippen molar-refractivity contribution < 1.29 is 0 Å². The van der Waals surface area contributed by atoms with E-state index in [1.54, 1.807) is 0 Å². The monoisotopic (exact) mass is 212 g/mol. The van der Waals surface area contributed by atoms with Gasteiger partial charge in [-0.1, -0.05) is 0 Å². The van der Waals surface area contributed by atoms with Crippen LogP contribution in [0.4, 0.5) is 0 Å². The second kappa shape index (κ2) is 4.49. The number of hydrogen-bond acceptors (Lipinski definition) is 3. The molecule has 15 heavy (non-hydrogen) atoms. The number of hydrogen-bond donors (Lipinski definition) is 2. The molecule has 3 N–H and O–H groups in total. The summed E-state index contributed by atoms with van der Waals surface area (Å²) in [5.74, 6) is 0.277. The Hall–Kier alpha value is -0.610. The molecule has 0 aromatic carbocycles. The van der Waals surface area contributed by atoms with Crippen molar-refractivity contribution in [3.05, 3.63) is 0 Å². The summed E-state index contributed by atoms with van der Waals surface area (Å²) in [6.07, 6.45) is 0. The maximum absolute atomic E-state index is 7.43. The lowest BCUT2D eigenvalue weighted by Gasteiger charge is -2.43. The number of rotatable bonds is 2. The van der Waals surface area contributed by atoms with Gasteiger partial charge in [-0.15, -0.1) is 0 Å². The van der Waals surface area contributed by atoms with Crippen molar-refractivity contribution in [2.45, 2.75) is 39.3 Å². The summed E-state index contributed by atoms with van der Waals surface area (Å²) >= 11 is 0. The first-order chi connectivity index (χ1) is 6.82. The zero-order valence-electron chi connectivity index (χ0n) is 10.4. The molecule has 0 bridgehead atoms. The maximum atomic E-state index is 7.43. The second-order valence-electron chi connectivity index (χ2n) is 5.33. The van der Waals surface area contributed by atoms with Crippen LogP contribution in [0, 0.1) is 5.41 Å². The van der Waals surface area contributed by atoms with E-state index < -0.39 is 0 Å². The third-order valence-corrected chi connectivity index (χ3v) is 3.26. The fourth-order valence-electron chi connectivity index (χ4n) is 1.98. The lowest BCUT2D eigenvalue weighted by Crippen LogP contribution is -2.57. The average Bonchev–Trinajstić information content (AvgIpc) is 2.15. The van der Waals surface area contributed by atoms with Crippen molar-refractivity contribution in [2.75, 3.05) is 26.2 Å². The van der Waals surface area contributed by atoms with E-state index in [0.717, 1.165) is 26.2 Å². The topological polar surface area (TPSA) is 56.4 Å². The highest BCUT2D eigenvalue weighted by atomic mass is 15.3. The molecule has 1 unspecified atom stereocenters. The predicted molar refractivity (Wildman–Crippen MR) is 64.3 cm³/mol. The van der Waals surface area contributed by atoms with Crippen LogP contribution >= 0.6 is 0 Å². The molecular weight excluding hydrogens is 188 g/mol. The summed E-state index contributed by atoms with van der Waals surface area (Å²) in [6, 6.07) is 0.0899. The third kappa shape index (κ3) is 3.18. The molecule has 4 heteroatoms. The largest absolute Gasteiger partial charge is 0.386 e. The van der Waals surface area contributed by atoms with Crippen LogP contribution in [-0.4, -0.2) is 53.4 Å². The molecule has 88 valence electrons. The Labute approximate surface area is 92.9 Å². The first kappa shape index (κ1) is 12.5. The molecule has 1 heterocycles. The number of nitrogens with one attached hydrogen (secondary N) is 1. The van der Waals surface area contributed by atoms with Gasteiger partial charge in [0.2, 0.25) is 0 Å². The normalized spacial score (nSPS) is 22.7. The Kier molecular flexibility index (Phi) is 3.73. The number of nitrogens with zero attached hydrogens (tertiary/aromatic N) is 2. The van der Waals surface area contributed by atoms with Crippen LogP contribution < -0.4 is 5.73 Å². The van der Waals surface area contributed by atoms with E-state index in [9.17, 15) is 0 Å². The van der Waals surface area contributed by atoms with Crippen LogP contribution in [0.25, 0.3) is 0 Å². The molecule has 1 atom stereocenters. The van der Waals surface area contributed by atoms with Gasteiger partial charge in [-0.2, -0.15) is 0 Å². The minimum absolute atomic E-state index is 0.0899. The van der Waals surface area contributed by atoms with Gasteiger partial charge in [0.25, 0.3) is 0 Å². The first-order valence-corrected chi connectivity index (χ1v) is 5.65. The quantitative estimate of drug-likeness (QED) is 0.524. The highest BCUT2D eigenvalue weighted by Crippen LogP contribution is 2.16. The Morgan fingerprint density at radius 1 is 1.20 bits per heavy atom. The van der Waals surface area contributed by atoms with Crippen molar-refractivity contribution in [3.8, 4) is 0 Å². The molecule has 0 aromatic rings. The molecule has 1 aliphatic heterocycles. The minimum atomic E-state index is 0.0899. The molecule has 0 aliphatic carbocycles. The zero-order chi connectivity index (χ0) is 11.6. The molecule has 4 nitrogen and oxygen atoms in total. The Morgan fingerprint density at radius 3 is 2.00 bits per heavy atom. The second-order valence-corrected chi connectivity index (χ2v) is 5.33. The first-order valence-electron chi connectivity index (χ1n) is 5.65. The molecule has 1 rings (SSSR count). The Morgan fingerprint density at radius 2 is 1.67 bits per heavy atom. The van der Waals surface area contributed by atoms with Crippen molar-refractivity contribution in [2.24, 2.45) is 5.73 Å². The lowest BCUT2D eigenvalue weighted by molar-refractivity contribution is 0.0565. The SMILES string of the molecule is CC(C(=N)N)N1CCN(C(C)(C)C)CC1. The molecule has 0 saturated carbocycles. The van der Waals surface area contributed by atoms with Crippen molar-refractivity contribution in [1.82, 2.24) is 9.80 Å². The minimum Gasteiger partial charge on any atom is -0.386 e. The van der Waals surface area contributed by atoms with E-state index >= 15 is 0 Å². The summed E-state index contributed by atoms with van der Waals surface area (Å²) in [4.78, 5) is 4.76. The molecule has 1 fully saturated rings. The summed E-state index contributed by atoms with van der Waals surface area (Å²) < 4.78 is 0. The van der Waals surface area contributed by atoms with E-state index in [0.29, 0.717) is 0 Å². The van der Waals surface area contributed by atoms with Gasteiger partial charge in [0.15, 0.2) is 0 Å². The van der Waals surface area contributed by atoms with E-state index in [2.05, 4.69) is 30.6 Å². The Bertz CT molecular complexity index is 223. The average molecular weight is 212 g/mol. The zero-order valence-corrected chi connectivity index (χ0v) is 10.4. The predicted octanol–water partition coefficient (Wildman–Crippen LogP) is 0.727. The van der Waals surface area contributed by atoms with Gasteiger partial charge in [0, 0.05) is 31.7 Å². The van der Waals surface area contributed by atoms with Crippen LogP contribution in [0.2, 0.25) is 0 Å². The standard InChI is InChI=1S/C11H24N4/c1-9(10(12)13)14-5-7-15(8-6-14)11(2,3)4/h9H,5-8H2,1-4H3,(H3,12,13). The third-order valence-electron chi connectivity index (χ3n) is 3.26. The van der Waals surface area contributed by atoms with Crippen molar-refractivity contribution >= 4 is 5.84 Å². The van der Waals surface area contributed by atoms with Crippen LogP contribution in [0.5, 0.6) is 0 Å². The Balaban J connectivity index is 2.46. The van der Waals surface area contributed by atoms with E-state index in [1.807, 2.05) is 6.92 Å². The van der Waals surface area contributed by atoms with Crippen LogP contribution in [0.15, 0.2) is 0 Å². The molecule has 0 spiro atoms. The number of nitrogens with two attached hydrogens (primary N) is 1. The van der Waals surface area contributed by atoms with E-state index in [4.69, 9.17) is 11.1 Å². The highest BCUT2D eigenvalue weighted by molar-refractivity contribution is 5.82. The fourth-order valence-corrected chi connectivity index (χ4v) is 1.98. The number of piperazine rings is 1. The molecule has 1 aliphatic rings. The molecule has 0 radical (unpaired) electrons. The van der Waals surface area contributed by atoms with Gasteiger partial charge in [-0.3, -0.25) is 15.2 Å². The maximum Gasteiger partial charge on any atom is 0.108 e. The summed E-state index contributed by atoms with van der Waals surface area (Å²) in [6.45, 7) is 12.9. The van der Waals surface area contributed by atoms with Crippen molar-refractivity contribution in [3.63, 3.8) is 0 Å². The van der Waals surface area contributed by atoms with Gasteiger partial charge in [-0.25, -0.2) is 0 Å². The van der Waals surface area contributed by atoms with Crippen LogP contribution in [0.3, 0.4) is 0 Å². The van der Waals surface area contributed by atoms with Gasteiger partial charge < -0.3 is 5.73 Å². The van der Waals surface area contributed by atoms with E-state index in [-0.39, 0.29) is 17.4 Å². The van der Waals surface area contributed by atoms with Crippen LogP contribution in [0.1, 0.15) is 27.7 Å². The van der Waals surface area contributed by atoms with Gasteiger partial charge in [-0.05, 0) is 27.7 Å². The van der Waals surface area contributed by atoms with Crippen LogP contribution in [-0.2, 0) is 0 Å². The molecule has 0 amide bonds. The fraction of sp³-hybridized carbons (Fsp3) is 0.909. The van der Waals surface area contributed by atoms with E-state index in [1.165, 1.54) is 0 Å². The molecule has 1 saturated heterocycles. The summed E-state index contributed by atoms with van der Waals surface area (Å²) in [5, 5.41) is 7.43. The highest BCUT2D eigenvalue weighted by Gasteiger charge is 2.28. The van der Waals surface area contributed by atoms with Gasteiger partial charge in [0.1, 0.15) is 5.84 Å². The molecular formula is C11H24N4. The smallest absolute Gasteiger partial charge is 0.108 e. The molecule has 0 aromatic heterocycles. The van der Waals surface area contributed by atoms with Gasteiger partial charge in [0.05, 0.1) is 6.04 Å². The number of amidine groups is 1. The van der Waals surface area contributed by atoms with Crippen molar-refractivity contribution in [1.29, 1.82) is 5.41 Å².